The molecule has 0 radical (unpaired) electrons. The minimum absolute atomic E-state index is 0.215. The monoisotopic (exact) mass is 217 g/mol. The van der Waals surface area contributed by atoms with Crippen molar-refractivity contribution in [3.63, 3.8) is 0 Å². The van der Waals surface area contributed by atoms with Crippen molar-refractivity contribution in [3.05, 3.63) is 29.8 Å². The number of nitriles is 1. The van der Waals surface area contributed by atoms with Crippen LogP contribution >= 0.6 is 0 Å². The first-order valence-electron chi connectivity index (χ1n) is 3.86. The average molecular weight is 217 g/mol. The molecule has 0 amide bonds. The molecule has 1 aromatic rings. The lowest BCUT2D eigenvalue weighted by Gasteiger charge is -2.09. The molecule has 1 atom stereocenters. The van der Waals surface area contributed by atoms with Crippen LogP contribution in [-0.2, 0) is 0 Å². The lowest BCUT2D eigenvalue weighted by molar-refractivity contribution is -0.274. The Morgan fingerprint density at radius 1 is 1.27 bits per heavy atom. The van der Waals surface area contributed by atoms with Gasteiger partial charge in [0.15, 0.2) is 6.10 Å². The highest BCUT2D eigenvalue weighted by atomic mass is 19.4. The topological polar surface area (TPSA) is 53.2 Å². The van der Waals surface area contributed by atoms with Gasteiger partial charge in [0.1, 0.15) is 5.75 Å². The van der Waals surface area contributed by atoms with Crippen LogP contribution in [0.5, 0.6) is 5.75 Å². The molecule has 3 nitrogen and oxygen atoms in total. The van der Waals surface area contributed by atoms with Crippen LogP contribution in [0.15, 0.2) is 24.3 Å². The third kappa shape index (κ3) is 3.48. The molecule has 0 aromatic heterocycles. The van der Waals surface area contributed by atoms with Crippen molar-refractivity contribution >= 4 is 0 Å². The lowest BCUT2D eigenvalue weighted by Crippen LogP contribution is -2.17. The molecule has 1 rings (SSSR count). The minimum Gasteiger partial charge on any atom is -0.406 e. The second-order valence-corrected chi connectivity index (χ2v) is 2.65. The highest BCUT2D eigenvalue weighted by molar-refractivity contribution is 5.30. The normalized spacial score (nSPS) is 13.0. The Hall–Kier alpha value is -1.74. The molecule has 0 saturated heterocycles. The maximum absolute atomic E-state index is 11.7. The number of aliphatic hydroxyl groups excluding tert-OH is 1. The molecule has 15 heavy (non-hydrogen) atoms. The molecule has 0 unspecified atom stereocenters. The average Bonchev–Trinajstić information content (AvgIpc) is 2.15. The van der Waals surface area contributed by atoms with E-state index in [1.807, 2.05) is 0 Å². The number of benzene rings is 1. The summed E-state index contributed by atoms with van der Waals surface area (Å²) in [5.41, 5.74) is 0.215. The van der Waals surface area contributed by atoms with Crippen LogP contribution < -0.4 is 4.74 Å². The Morgan fingerprint density at radius 2 is 1.80 bits per heavy atom. The van der Waals surface area contributed by atoms with E-state index in [4.69, 9.17) is 10.4 Å². The molecule has 6 heteroatoms. The molecule has 0 aliphatic carbocycles. The quantitative estimate of drug-likeness (QED) is 0.772. The van der Waals surface area contributed by atoms with Gasteiger partial charge in [0.25, 0.3) is 0 Å². The Kier molecular flexibility index (Phi) is 3.17. The highest BCUT2D eigenvalue weighted by Crippen LogP contribution is 2.24. The molecule has 0 aliphatic heterocycles. The third-order valence-electron chi connectivity index (χ3n) is 1.55. The number of hydrogen-bond acceptors (Lipinski definition) is 3. The lowest BCUT2D eigenvalue weighted by atomic mass is 10.1. The number of nitrogens with zero attached hydrogens (tertiary/aromatic N) is 1. The van der Waals surface area contributed by atoms with E-state index in [0.29, 0.717) is 0 Å². The summed E-state index contributed by atoms with van der Waals surface area (Å²) in [6.07, 6.45) is -6.08. The summed E-state index contributed by atoms with van der Waals surface area (Å²) in [6.45, 7) is 0. The standard InChI is InChI=1S/C9H6F3NO2/c10-9(11,12)15-7-3-1-6(2-4-7)8(14)5-13/h1-4,8,14H/t8-/m1/s1. The fourth-order valence-electron chi connectivity index (χ4n) is 0.926. The van der Waals surface area contributed by atoms with Gasteiger partial charge in [0.05, 0.1) is 6.07 Å². The van der Waals surface area contributed by atoms with E-state index in [1.54, 1.807) is 6.07 Å². The summed E-state index contributed by atoms with van der Waals surface area (Å²) in [6, 6.07) is 5.98. The van der Waals surface area contributed by atoms with E-state index in [9.17, 15) is 13.2 Å². The number of hydrogen-bond donors (Lipinski definition) is 1. The molecule has 0 heterocycles. The highest BCUT2D eigenvalue weighted by Gasteiger charge is 2.30. The Morgan fingerprint density at radius 3 is 2.20 bits per heavy atom. The van der Waals surface area contributed by atoms with Gasteiger partial charge in [-0.3, -0.25) is 0 Å². The third-order valence-corrected chi connectivity index (χ3v) is 1.55. The van der Waals surface area contributed by atoms with Gasteiger partial charge >= 0.3 is 6.36 Å². The second-order valence-electron chi connectivity index (χ2n) is 2.65. The van der Waals surface area contributed by atoms with Crippen molar-refractivity contribution in [1.29, 1.82) is 5.26 Å². The van der Waals surface area contributed by atoms with Gasteiger partial charge in [0.2, 0.25) is 0 Å². The number of alkyl halides is 3. The van der Waals surface area contributed by atoms with Crippen molar-refractivity contribution in [2.45, 2.75) is 12.5 Å². The summed E-state index contributed by atoms with van der Waals surface area (Å²) in [5.74, 6) is -0.392. The maximum atomic E-state index is 11.7. The van der Waals surface area contributed by atoms with Gasteiger partial charge in [0, 0.05) is 0 Å². The van der Waals surface area contributed by atoms with Crippen LogP contribution in [0.1, 0.15) is 11.7 Å². The van der Waals surface area contributed by atoms with E-state index in [1.165, 1.54) is 12.1 Å². The summed E-state index contributed by atoms with van der Waals surface area (Å²) in [5, 5.41) is 17.4. The fourth-order valence-corrected chi connectivity index (χ4v) is 0.926. The van der Waals surface area contributed by atoms with Gasteiger partial charge in [-0.05, 0) is 17.7 Å². The summed E-state index contributed by atoms with van der Waals surface area (Å²) in [4.78, 5) is 0. The fraction of sp³-hybridized carbons (Fsp3) is 0.222. The summed E-state index contributed by atoms with van der Waals surface area (Å²) < 4.78 is 38.8. The van der Waals surface area contributed by atoms with Crippen LogP contribution in [0.25, 0.3) is 0 Å². The van der Waals surface area contributed by atoms with E-state index in [2.05, 4.69) is 4.74 Å². The van der Waals surface area contributed by atoms with E-state index in [-0.39, 0.29) is 5.56 Å². The molecule has 0 saturated carbocycles. The molecule has 0 bridgehead atoms. The van der Waals surface area contributed by atoms with Crippen LogP contribution in [-0.4, -0.2) is 11.5 Å². The van der Waals surface area contributed by atoms with Crippen molar-refractivity contribution < 1.29 is 23.0 Å². The zero-order valence-electron chi connectivity index (χ0n) is 7.32. The predicted molar refractivity (Wildman–Crippen MR) is 43.7 cm³/mol. The van der Waals surface area contributed by atoms with Crippen molar-refractivity contribution in [2.24, 2.45) is 0 Å². The Balaban J connectivity index is 2.78. The smallest absolute Gasteiger partial charge is 0.406 e. The van der Waals surface area contributed by atoms with Crippen LogP contribution in [0, 0.1) is 11.3 Å². The largest absolute Gasteiger partial charge is 0.573 e. The predicted octanol–water partition coefficient (Wildman–Crippen LogP) is 2.14. The SMILES string of the molecule is N#C[C@@H](O)c1ccc(OC(F)(F)F)cc1. The molecule has 80 valence electrons. The van der Waals surface area contributed by atoms with Gasteiger partial charge in [-0.2, -0.15) is 5.26 Å². The van der Waals surface area contributed by atoms with Gasteiger partial charge < -0.3 is 9.84 Å². The van der Waals surface area contributed by atoms with Crippen molar-refractivity contribution in [2.75, 3.05) is 0 Å². The molecule has 0 fully saturated rings. The van der Waals surface area contributed by atoms with E-state index < -0.39 is 18.2 Å². The summed E-state index contributed by atoms with van der Waals surface area (Å²) in [7, 11) is 0. The Bertz CT molecular complexity index is 366. The van der Waals surface area contributed by atoms with Gasteiger partial charge in [-0.1, -0.05) is 12.1 Å². The van der Waals surface area contributed by atoms with Crippen LogP contribution in [0.4, 0.5) is 13.2 Å². The van der Waals surface area contributed by atoms with E-state index >= 15 is 0 Å². The van der Waals surface area contributed by atoms with Crippen molar-refractivity contribution in [3.8, 4) is 11.8 Å². The number of ether oxygens (including phenoxy) is 1. The Labute approximate surface area is 83.3 Å². The second kappa shape index (κ2) is 4.19. The van der Waals surface area contributed by atoms with Crippen molar-refractivity contribution in [1.82, 2.24) is 0 Å². The zero-order valence-corrected chi connectivity index (χ0v) is 7.32. The number of halogens is 3. The van der Waals surface area contributed by atoms with Gasteiger partial charge in [-0.25, -0.2) is 0 Å². The molecule has 1 N–H and O–H groups in total. The number of rotatable bonds is 2. The molecule has 0 aliphatic rings. The van der Waals surface area contributed by atoms with Crippen LogP contribution in [0.2, 0.25) is 0 Å². The first kappa shape index (κ1) is 11.3. The van der Waals surface area contributed by atoms with Crippen LogP contribution in [0.3, 0.4) is 0 Å². The van der Waals surface area contributed by atoms with E-state index in [0.717, 1.165) is 12.1 Å². The first-order valence-corrected chi connectivity index (χ1v) is 3.86. The first-order chi connectivity index (χ1) is 6.92. The molecular weight excluding hydrogens is 211 g/mol. The minimum atomic E-state index is -4.74. The molecule has 1 aromatic carbocycles. The zero-order chi connectivity index (χ0) is 11.5. The molecule has 0 spiro atoms. The molecular formula is C9H6F3NO2. The summed E-state index contributed by atoms with van der Waals surface area (Å²) >= 11 is 0. The van der Waals surface area contributed by atoms with Gasteiger partial charge in [-0.15, -0.1) is 13.2 Å². The number of aliphatic hydroxyl groups is 1. The maximum Gasteiger partial charge on any atom is 0.573 e.